The van der Waals surface area contributed by atoms with Crippen LogP contribution in [0.25, 0.3) is 0 Å². The number of aromatic nitrogens is 2. The topological polar surface area (TPSA) is 127 Å². The molecule has 1 aromatic heterocycles. The number of aryl methyl sites for hydroxylation is 2. The summed E-state index contributed by atoms with van der Waals surface area (Å²) in [7, 11) is 0. The first kappa shape index (κ1) is 27.2. The quantitative estimate of drug-likeness (QED) is 0.333. The van der Waals surface area contributed by atoms with Crippen molar-refractivity contribution in [2.45, 2.75) is 33.7 Å². The van der Waals surface area contributed by atoms with E-state index in [1.54, 1.807) is 62.5 Å². The van der Waals surface area contributed by atoms with Gasteiger partial charge < -0.3 is 20.9 Å². The molecule has 1 heterocycles. The van der Waals surface area contributed by atoms with Gasteiger partial charge in [-0.3, -0.25) is 9.59 Å². The maximum atomic E-state index is 13.3. The number of carbonyl (C=O) groups excluding carboxylic acids is 2. The number of aliphatic hydroxyl groups is 1. The molecule has 36 heavy (non-hydrogen) atoms. The van der Waals surface area contributed by atoms with Crippen molar-refractivity contribution >= 4 is 40.2 Å². The SMILES string of the molecule is C/C(C(=O)NCc1cnc(C)nc1N)=C(\CCO)SC(=O)c1ccc(C)cc1Oc1ccccc1Cl. The number of nitrogens with two attached hydrogens (primary N) is 1. The largest absolute Gasteiger partial charge is 0.455 e. The molecule has 0 unspecified atom stereocenters. The van der Waals surface area contributed by atoms with E-state index in [1.807, 2.05) is 6.92 Å². The number of benzene rings is 2. The molecule has 10 heteroatoms. The van der Waals surface area contributed by atoms with E-state index < -0.39 is 5.91 Å². The second-order valence-corrected chi connectivity index (χ2v) is 9.43. The van der Waals surface area contributed by atoms with E-state index in [0.717, 1.165) is 17.3 Å². The second-order valence-electron chi connectivity index (χ2n) is 7.95. The fourth-order valence-electron chi connectivity index (χ4n) is 3.20. The smallest absolute Gasteiger partial charge is 0.247 e. The average molecular weight is 527 g/mol. The molecule has 0 fully saturated rings. The predicted octanol–water partition coefficient (Wildman–Crippen LogP) is 4.97. The molecule has 3 aromatic rings. The van der Waals surface area contributed by atoms with Gasteiger partial charge in [-0.1, -0.05) is 41.6 Å². The van der Waals surface area contributed by atoms with Crippen molar-refractivity contribution in [3.63, 3.8) is 0 Å². The summed E-state index contributed by atoms with van der Waals surface area (Å²) in [4.78, 5) is 34.7. The van der Waals surface area contributed by atoms with E-state index in [2.05, 4.69) is 15.3 Å². The van der Waals surface area contributed by atoms with Crippen LogP contribution in [-0.2, 0) is 11.3 Å². The third-order valence-electron chi connectivity index (χ3n) is 5.19. The fraction of sp³-hybridized carbons (Fsp3) is 0.231. The Morgan fingerprint density at radius 1 is 1.17 bits per heavy atom. The molecule has 0 atom stereocenters. The Labute approximate surface area is 218 Å². The van der Waals surface area contributed by atoms with Crippen molar-refractivity contribution < 1.29 is 19.4 Å². The predicted molar refractivity (Wildman–Crippen MR) is 142 cm³/mol. The summed E-state index contributed by atoms with van der Waals surface area (Å²) < 4.78 is 5.96. The van der Waals surface area contributed by atoms with Crippen LogP contribution in [-0.4, -0.2) is 32.7 Å². The van der Waals surface area contributed by atoms with E-state index in [4.69, 9.17) is 22.1 Å². The lowest BCUT2D eigenvalue weighted by Gasteiger charge is -2.14. The molecule has 0 radical (unpaired) electrons. The summed E-state index contributed by atoms with van der Waals surface area (Å²) in [6.07, 6.45) is 1.69. The van der Waals surface area contributed by atoms with Crippen molar-refractivity contribution in [2.24, 2.45) is 0 Å². The zero-order chi connectivity index (χ0) is 26.2. The first-order valence-corrected chi connectivity index (χ1v) is 12.3. The van der Waals surface area contributed by atoms with Gasteiger partial charge in [0, 0.05) is 41.8 Å². The first-order valence-electron chi connectivity index (χ1n) is 11.1. The van der Waals surface area contributed by atoms with Crippen LogP contribution in [0, 0.1) is 13.8 Å². The van der Waals surface area contributed by atoms with Gasteiger partial charge >= 0.3 is 0 Å². The summed E-state index contributed by atoms with van der Waals surface area (Å²) in [5.74, 6) is 1.20. The number of anilines is 1. The number of nitrogens with zero attached hydrogens (tertiary/aromatic N) is 2. The lowest BCUT2D eigenvalue weighted by atomic mass is 10.1. The van der Waals surface area contributed by atoms with Crippen LogP contribution < -0.4 is 15.8 Å². The zero-order valence-electron chi connectivity index (χ0n) is 20.2. The molecule has 2 aromatic carbocycles. The normalized spacial score (nSPS) is 11.6. The van der Waals surface area contributed by atoms with E-state index in [-0.39, 0.29) is 30.5 Å². The Kier molecular flexibility index (Phi) is 9.46. The van der Waals surface area contributed by atoms with E-state index in [9.17, 15) is 14.7 Å². The molecular formula is C26H27ClN4O4S. The van der Waals surface area contributed by atoms with Gasteiger partial charge in [-0.25, -0.2) is 9.97 Å². The monoisotopic (exact) mass is 526 g/mol. The molecule has 3 rings (SSSR count). The second kappa shape index (κ2) is 12.5. The molecule has 188 valence electrons. The molecule has 0 aliphatic heterocycles. The van der Waals surface area contributed by atoms with Crippen LogP contribution in [0.15, 0.2) is 59.1 Å². The summed E-state index contributed by atoms with van der Waals surface area (Å²) in [6, 6.07) is 12.2. The Bertz CT molecular complexity index is 1310. The number of amides is 1. The van der Waals surface area contributed by atoms with Crippen LogP contribution >= 0.6 is 23.4 Å². The lowest BCUT2D eigenvalue weighted by Crippen LogP contribution is -2.25. The number of nitrogens with one attached hydrogen (secondary N) is 1. The van der Waals surface area contributed by atoms with Crippen molar-refractivity contribution in [2.75, 3.05) is 12.3 Å². The van der Waals surface area contributed by atoms with Gasteiger partial charge in [0.15, 0.2) is 0 Å². The van der Waals surface area contributed by atoms with Crippen LogP contribution in [0.3, 0.4) is 0 Å². The minimum absolute atomic E-state index is 0.126. The molecule has 0 saturated heterocycles. The van der Waals surface area contributed by atoms with E-state index in [0.29, 0.717) is 44.0 Å². The first-order chi connectivity index (χ1) is 17.2. The van der Waals surface area contributed by atoms with Gasteiger partial charge in [0.05, 0.1) is 10.6 Å². The molecule has 0 bridgehead atoms. The van der Waals surface area contributed by atoms with Crippen molar-refractivity contribution in [3.8, 4) is 11.5 Å². The number of ether oxygens (including phenoxy) is 1. The number of halogens is 1. The fourth-order valence-corrected chi connectivity index (χ4v) is 4.31. The number of aliphatic hydroxyl groups excluding tert-OH is 1. The lowest BCUT2D eigenvalue weighted by molar-refractivity contribution is -0.117. The molecule has 0 spiro atoms. The van der Waals surface area contributed by atoms with Crippen LogP contribution in [0.5, 0.6) is 11.5 Å². The van der Waals surface area contributed by atoms with Gasteiger partial charge in [0.25, 0.3) is 0 Å². The number of rotatable bonds is 9. The van der Waals surface area contributed by atoms with Crippen molar-refractivity contribution in [1.82, 2.24) is 15.3 Å². The highest BCUT2D eigenvalue weighted by atomic mass is 35.5. The Balaban J connectivity index is 1.81. The summed E-state index contributed by atoms with van der Waals surface area (Å²) >= 11 is 7.11. The molecule has 0 aliphatic carbocycles. The minimum atomic E-state index is -0.393. The Morgan fingerprint density at radius 2 is 1.92 bits per heavy atom. The third kappa shape index (κ3) is 7.07. The molecule has 1 amide bonds. The van der Waals surface area contributed by atoms with Crippen molar-refractivity contribution in [1.29, 1.82) is 0 Å². The van der Waals surface area contributed by atoms with Gasteiger partial charge in [0.1, 0.15) is 23.1 Å². The molecule has 8 nitrogen and oxygen atoms in total. The van der Waals surface area contributed by atoms with Crippen LogP contribution in [0.2, 0.25) is 5.02 Å². The average Bonchev–Trinajstić information content (AvgIpc) is 2.84. The molecule has 4 N–H and O–H groups in total. The van der Waals surface area contributed by atoms with Gasteiger partial charge in [-0.05, 0) is 50.6 Å². The summed E-state index contributed by atoms with van der Waals surface area (Å²) in [5.41, 5.74) is 8.01. The van der Waals surface area contributed by atoms with E-state index >= 15 is 0 Å². The van der Waals surface area contributed by atoms with E-state index in [1.165, 1.54) is 0 Å². The van der Waals surface area contributed by atoms with Crippen LogP contribution in [0.4, 0.5) is 5.82 Å². The van der Waals surface area contributed by atoms with Gasteiger partial charge in [-0.2, -0.15) is 0 Å². The molecular weight excluding hydrogens is 500 g/mol. The highest BCUT2D eigenvalue weighted by Crippen LogP contribution is 2.35. The highest BCUT2D eigenvalue weighted by Gasteiger charge is 2.20. The molecule has 0 saturated carbocycles. The number of carbonyl (C=O) groups is 2. The number of nitrogen functional groups attached to an aromatic ring is 1. The zero-order valence-corrected chi connectivity index (χ0v) is 21.7. The Hall–Kier alpha value is -3.40. The van der Waals surface area contributed by atoms with Gasteiger partial charge in [0.2, 0.25) is 11.0 Å². The van der Waals surface area contributed by atoms with Gasteiger partial charge in [-0.15, -0.1) is 0 Å². The third-order valence-corrected chi connectivity index (χ3v) is 6.66. The number of thioether (sulfide) groups is 1. The Morgan fingerprint density at radius 3 is 2.61 bits per heavy atom. The maximum absolute atomic E-state index is 13.3. The number of hydrogen-bond donors (Lipinski definition) is 3. The molecule has 0 aliphatic rings. The maximum Gasteiger partial charge on any atom is 0.247 e. The number of para-hydroxylation sites is 1. The van der Waals surface area contributed by atoms with Crippen LogP contribution in [0.1, 0.15) is 40.7 Å². The summed E-state index contributed by atoms with van der Waals surface area (Å²) in [6.45, 7) is 5.11. The highest BCUT2D eigenvalue weighted by molar-refractivity contribution is 8.17. The number of hydrogen-bond acceptors (Lipinski definition) is 8. The summed E-state index contributed by atoms with van der Waals surface area (Å²) in [5, 5.41) is 12.4. The van der Waals surface area contributed by atoms with Crippen molar-refractivity contribution in [3.05, 3.63) is 86.7 Å². The standard InChI is InChI=1S/C26H27ClN4O4S/c1-15-8-9-19(22(12-15)35-21-7-5-4-6-20(21)27)26(34)36-23(10-11-32)16(2)25(33)30-14-18-13-29-17(3)31-24(18)28/h4-9,12-13,32H,10-11,14H2,1-3H3,(H,30,33)(H2,28,29,31)/b23-16-. The minimum Gasteiger partial charge on any atom is -0.455 e.